The zero-order valence-corrected chi connectivity index (χ0v) is 18.7. The van der Waals surface area contributed by atoms with Gasteiger partial charge in [0.15, 0.2) is 11.5 Å². The number of carbonyl (C=O) groups excluding carboxylic acids is 1. The zero-order valence-electron chi connectivity index (χ0n) is 17.9. The van der Waals surface area contributed by atoms with E-state index in [1.54, 1.807) is 38.5 Å². The number of nitrogen functional groups attached to an aromatic ring is 1. The molecule has 1 amide bonds. The van der Waals surface area contributed by atoms with E-state index in [1.165, 1.54) is 12.1 Å². The molecule has 11 heteroatoms. The van der Waals surface area contributed by atoms with Crippen LogP contribution in [0.15, 0.2) is 54.6 Å². The lowest BCUT2D eigenvalue weighted by atomic mass is 10.1. The molecule has 3 N–H and O–H groups in total. The molecule has 0 fully saturated rings. The average Bonchev–Trinajstić information content (AvgIpc) is 3.14. The molecule has 2 aromatic carbocycles. The third-order valence-electron chi connectivity index (χ3n) is 4.83. The number of ether oxygens (including phenoxy) is 3. The molecule has 34 heavy (non-hydrogen) atoms. The number of pyridine rings is 1. The van der Waals surface area contributed by atoms with Gasteiger partial charge in [-0.05, 0) is 54.6 Å². The Balaban J connectivity index is 1.58. The van der Waals surface area contributed by atoms with E-state index in [4.69, 9.17) is 15.2 Å². The zero-order chi connectivity index (χ0) is 24.5. The van der Waals surface area contributed by atoms with E-state index in [9.17, 15) is 18.0 Å². The predicted molar refractivity (Wildman–Crippen MR) is 124 cm³/mol. The molecule has 0 bridgehead atoms. The van der Waals surface area contributed by atoms with Gasteiger partial charge in [0.25, 0.3) is 5.91 Å². The van der Waals surface area contributed by atoms with Gasteiger partial charge in [-0.1, -0.05) is 0 Å². The van der Waals surface area contributed by atoms with Crippen molar-refractivity contribution in [3.8, 4) is 28.5 Å². The van der Waals surface area contributed by atoms with Gasteiger partial charge in [-0.3, -0.25) is 4.79 Å². The molecule has 0 saturated carbocycles. The highest BCUT2D eigenvalue weighted by molar-refractivity contribution is 7.21. The van der Waals surface area contributed by atoms with Gasteiger partial charge in [0, 0.05) is 16.6 Å². The number of alkyl halides is 3. The summed E-state index contributed by atoms with van der Waals surface area (Å²) < 4.78 is 51.3. The Morgan fingerprint density at radius 1 is 1.00 bits per heavy atom. The second-order valence-electron chi connectivity index (χ2n) is 6.99. The van der Waals surface area contributed by atoms with Crippen LogP contribution in [-0.4, -0.2) is 31.5 Å². The maximum absolute atomic E-state index is 12.8. The highest BCUT2D eigenvalue weighted by Gasteiger charge is 2.31. The van der Waals surface area contributed by atoms with Crippen LogP contribution in [0, 0.1) is 0 Å². The highest BCUT2D eigenvalue weighted by Crippen LogP contribution is 2.36. The summed E-state index contributed by atoms with van der Waals surface area (Å²) >= 11 is 1.11. The Morgan fingerprint density at radius 3 is 2.35 bits per heavy atom. The van der Waals surface area contributed by atoms with Crippen LogP contribution in [-0.2, 0) is 0 Å². The first-order valence-electron chi connectivity index (χ1n) is 9.77. The van der Waals surface area contributed by atoms with E-state index in [2.05, 4.69) is 15.0 Å². The van der Waals surface area contributed by atoms with Crippen molar-refractivity contribution in [2.24, 2.45) is 0 Å². The van der Waals surface area contributed by atoms with Crippen molar-refractivity contribution in [2.75, 3.05) is 25.3 Å². The minimum Gasteiger partial charge on any atom is -0.493 e. The molecule has 0 unspecified atom stereocenters. The second kappa shape index (κ2) is 9.10. The summed E-state index contributed by atoms with van der Waals surface area (Å²) in [6.07, 6.45) is -4.79. The summed E-state index contributed by atoms with van der Waals surface area (Å²) in [6.45, 7) is 0. The Labute approximate surface area is 195 Å². The topological polar surface area (TPSA) is 95.7 Å². The van der Waals surface area contributed by atoms with Crippen LogP contribution in [0.1, 0.15) is 9.67 Å². The number of thiophene rings is 1. The first-order chi connectivity index (χ1) is 16.2. The van der Waals surface area contributed by atoms with E-state index < -0.39 is 18.0 Å². The molecule has 0 aliphatic carbocycles. The lowest BCUT2D eigenvalue weighted by Gasteiger charge is -2.09. The van der Waals surface area contributed by atoms with Crippen molar-refractivity contribution >= 4 is 38.8 Å². The van der Waals surface area contributed by atoms with Crippen LogP contribution < -0.4 is 25.3 Å². The summed E-state index contributed by atoms with van der Waals surface area (Å²) in [7, 11) is 3.09. The third kappa shape index (κ3) is 4.84. The molecule has 4 rings (SSSR count). The molecule has 0 saturated heterocycles. The minimum atomic E-state index is -4.79. The normalized spacial score (nSPS) is 11.3. The molecule has 0 spiro atoms. The van der Waals surface area contributed by atoms with Gasteiger partial charge in [-0.15, -0.1) is 24.5 Å². The Kier molecular flexibility index (Phi) is 6.20. The first-order valence-corrected chi connectivity index (χ1v) is 10.6. The number of amides is 1. The molecular weight excluding hydrogens is 471 g/mol. The summed E-state index contributed by atoms with van der Waals surface area (Å²) in [4.78, 5) is 18.2. The van der Waals surface area contributed by atoms with Crippen LogP contribution >= 0.6 is 11.3 Å². The number of methoxy groups -OCH3 is 2. The van der Waals surface area contributed by atoms with Gasteiger partial charge in [0.05, 0.1) is 25.6 Å². The number of aromatic nitrogens is 1. The van der Waals surface area contributed by atoms with Crippen molar-refractivity contribution in [3.05, 3.63) is 59.5 Å². The van der Waals surface area contributed by atoms with Crippen LogP contribution in [0.3, 0.4) is 0 Å². The highest BCUT2D eigenvalue weighted by atomic mass is 32.1. The van der Waals surface area contributed by atoms with E-state index in [0.717, 1.165) is 29.0 Å². The van der Waals surface area contributed by atoms with Gasteiger partial charge in [0.2, 0.25) is 0 Å². The molecule has 176 valence electrons. The number of hydrogen-bond donors (Lipinski definition) is 2. The van der Waals surface area contributed by atoms with E-state index in [0.29, 0.717) is 27.4 Å². The lowest BCUT2D eigenvalue weighted by molar-refractivity contribution is -0.274. The molecule has 7 nitrogen and oxygen atoms in total. The largest absolute Gasteiger partial charge is 0.573 e. The third-order valence-corrected chi connectivity index (χ3v) is 5.94. The number of benzene rings is 2. The quantitative estimate of drug-likeness (QED) is 0.360. The first kappa shape index (κ1) is 23.2. The van der Waals surface area contributed by atoms with E-state index in [-0.39, 0.29) is 16.3 Å². The monoisotopic (exact) mass is 489 g/mol. The number of hydrogen-bond acceptors (Lipinski definition) is 7. The number of nitrogens with one attached hydrogen (secondary N) is 1. The molecular formula is C23H18F3N3O4S. The fourth-order valence-corrected chi connectivity index (χ4v) is 4.24. The summed E-state index contributed by atoms with van der Waals surface area (Å²) in [5, 5.41) is 3.24. The van der Waals surface area contributed by atoms with Crippen molar-refractivity contribution < 1.29 is 32.2 Å². The molecule has 0 aliphatic heterocycles. The number of nitrogens with zero attached hydrogens (tertiary/aromatic N) is 1. The van der Waals surface area contributed by atoms with Crippen molar-refractivity contribution in [3.63, 3.8) is 0 Å². The Hall–Kier alpha value is -3.99. The number of rotatable bonds is 6. The number of fused-ring (bicyclic) bond motifs is 1. The fourth-order valence-electron chi connectivity index (χ4n) is 3.25. The van der Waals surface area contributed by atoms with Gasteiger partial charge in [0.1, 0.15) is 15.5 Å². The molecule has 0 atom stereocenters. The van der Waals surface area contributed by atoms with Crippen LogP contribution in [0.5, 0.6) is 17.2 Å². The fraction of sp³-hybridized carbons (Fsp3) is 0.130. The maximum atomic E-state index is 12.8. The molecule has 0 aliphatic rings. The Bertz CT molecular complexity index is 1350. The van der Waals surface area contributed by atoms with Crippen LogP contribution in [0.25, 0.3) is 21.5 Å². The van der Waals surface area contributed by atoms with Crippen molar-refractivity contribution in [1.82, 2.24) is 4.98 Å². The standard InChI is InChI=1S/C23H18F3N3O4S/c1-31-17-10-3-12(11-18(17)32-2)16-9-8-15-19(27)20(34-22(15)29-16)21(30)28-13-4-6-14(7-5-13)33-23(24,25)26/h3-11H,27H2,1-2H3,(H,28,30). The number of halogens is 3. The van der Waals surface area contributed by atoms with Gasteiger partial charge in [-0.2, -0.15) is 0 Å². The smallest absolute Gasteiger partial charge is 0.493 e. The van der Waals surface area contributed by atoms with Gasteiger partial charge < -0.3 is 25.3 Å². The average molecular weight is 489 g/mol. The summed E-state index contributed by atoms with van der Waals surface area (Å²) in [6, 6.07) is 13.8. The molecule has 2 heterocycles. The SMILES string of the molecule is COc1ccc(-c2ccc3c(N)c(C(=O)Nc4ccc(OC(F)(F)F)cc4)sc3n2)cc1OC. The molecule has 2 aromatic heterocycles. The minimum absolute atomic E-state index is 0.238. The number of nitrogens with two attached hydrogens (primary N) is 1. The van der Waals surface area contributed by atoms with Gasteiger partial charge in [-0.25, -0.2) is 4.98 Å². The lowest BCUT2D eigenvalue weighted by Crippen LogP contribution is -2.17. The number of anilines is 2. The Morgan fingerprint density at radius 2 is 1.71 bits per heavy atom. The molecule has 0 radical (unpaired) electrons. The van der Waals surface area contributed by atoms with Crippen molar-refractivity contribution in [1.29, 1.82) is 0 Å². The maximum Gasteiger partial charge on any atom is 0.573 e. The van der Waals surface area contributed by atoms with E-state index in [1.807, 2.05) is 6.07 Å². The molecule has 4 aromatic rings. The summed E-state index contributed by atoms with van der Waals surface area (Å²) in [5.74, 6) is 0.250. The van der Waals surface area contributed by atoms with Crippen LogP contribution in [0.2, 0.25) is 0 Å². The van der Waals surface area contributed by atoms with Gasteiger partial charge >= 0.3 is 6.36 Å². The van der Waals surface area contributed by atoms with E-state index >= 15 is 0 Å². The number of carbonyl (C=O) groups is 1. The second-order valence-corrected chi connectivity index (χ2v) is 7.99. The predicted octanol–water partition coefficient (Wildman–Crippen LogP) is 5.71. The van der Waals surface area contributed by atoms with Crippen molar-refractivity contribution in [2.45, 2.75) is 6.36 Å². The summed E-state index contributed by atoms with van der Waals surface area (Å²) in [5.41, 5.74) is 8.18. The van der Waals surface area contributed by atoms with Crippen LogP contribution in [0.4, 0.5) is 24.5 Å².